The van der Waals surface area contributed by atoms with Crippen molar-refractivity contribution in [1.29, 1.82) is 0 Å². The van der Waals surface area contributed by atoms with Gasteiger partial charge < -0.3 is 14.2 Å². The minimum atomic E-state index is -0.537. The van der Waals surface area contributed by atoms with Gasteiger partial charge in [0.05, 0.1) is 25.0 Å². The van der Waals surface area contributed by atoms with Crippen LogP contribution in [0.15, 0.2) is 0 Å². The van der Waals surface area contributed by atoms with E-state index in [4.69, 9.17) is 14.2 Å². The van der Waals surface area contributed by atoms with Crippen LogP contribution in [0, 0.1) is 43.8 Å². The summed E-state index contributed by atoms with van der Waals surface area (Å²) in [5.74, 6) is -0.573. The molecule has 3 atom stereocenters. The third-order valence-corrected chi connectivity index (χ3v) is 11.0. The van der Waals surface area contributed by atoms with Crippen molar-refractivity contribution in [2.75, 3.05) is 20.3 Å². The van der Waals surface area contributed by atoms with Crippen molar-refractivity contribution in [3.05, 3.63) is 0 Å². The maximum Gasteiger partial charge on any atom is 0.312 e. The second-order valence-corrected chi connectivity index (χ2v) is 16.6. The summed E-state index contributed by atoms with van der Waals surface area (Å²) in [6, 6.07) is 0. The van der Waals surface area contributed by atoms with Crippen LogP contribution in [0.1, 0.15) is 122 Å². The van der Waals surface area contributed by atoms with Crippen LogP contribution < -0.4 is 0 Å². The number of rotatable bonds is 13. The highest BCUT2D eigenvalue weighted by atomic mass is 16.6. The van der Waals surface area contributed by atoms with Crippen molar-refractivity contribution in [3.63, 3.8) is 0 Å². The number of epoxide rings is 1. The van der Waals surface area contributed by atoms with E-state index in [-0.39, 0.29) is 51.0 Å². The third-order valence-electron chi connectivity index (χ3n) is 11.0. The van der Waals surface area contributed by atoms with Crippen LogP contribution >= 0.6 is 0 Å². The highest BCUT2D eigenvalue weighted by molar-refractivity contribution is 5.82. The number of ether oxygens (including phenoxy) is 3. The van der Waals surface area contributed by atoms with Crippen molar-refractivity contribution in [3.8, 4) is 0 Å². The molecule has 0 aromatic carbocycles. The molecule has 1 saturated carbocycles. The van der Waals surface area contributed by atoms with Crippen molar-refractivity contribution in [2.24, 2.45) is 43.8 Å². The normalized spacial score (nSPS) is 24.9. The minimum absolute atomic E-state index is 0.0428. The van der Waals surface area contributed by atoms with E-state index in [0.29, 0.717) is 19.6 Å². The molecule has 0 spiro atoms. The molecular weight excluding hydrogens is 464 g/mol. The van der Waals surface area contributed by atoms with Crippen LogP contribution in [-0.2, 0) is 23.8 Å². The molecule has 3 unspecified atom stereocenters. The maximum absolute atomic E-state index is 13.4. The molecule has 1 aliphatic heterocycles. The van der Waals surface area contributed by atoms with Crippen LogP contribution in [0.5, 0.6) is 0 Å². The van der Waals surface area contributed by atoms with E-state index in [0.717, 1.165) is 25.7 Å². The lowest BCUT2D eigenvalue weighted by Gasteiger charge is -2.52. The Kier molecular flexibility index (Phi) is 8.80. The minimum Gasteiger partial charge on any atom is -0.469 e. The van der Waals surface area contributed by atoms with E-state index in [1.807, 2.05) is 0 Å². The van der Waals surface area contributed by atoms with Gasteiger partial charge in [0.15, 0.2) is 0 Å². The fraction of sp³-hybridized carbons (Fsp3) is 0.938. The first-order valence-corrected chi connectivity index (χ1v) is 14.3. The molecule has 1 aliphatic carbocycles. The average molecular weight is 523 g/mol. The molecule has 2 aliphatic rings. The quantitative estimate of drug-likeness (QED) is 0.182. The van der Waals surface area contributed by atoms with E-state index in [2.05, 4.69) is 90.0 Å². The number of hydrogen-bond acceptors (Lipinski definition) is 5. The molecule has 1 saturated heterocycles. The highest BCUT2D eigenvalue weighted by Crippen LogP contribution is 2.70. The summed E-state index contributed by atoms with van der Waals surface area (Å²) in [4.78, 5) is 26.8. The third kappa shape index (κ3) is 6.92. The molecule has 0 N–H and O–H groups in total. The Hall–Kier alpha value is -1.10. The zero-order valence-corrected chi connectivity index (χ0v) is 26.6. The summed E-state index contributed by atoms with van der Waals surface area (Å²) in [5.41, 5.74) is -1.18. The molecule has 0 amide bonds. The van der Waals surface area contributed by atoms with Gasteiger partial charge in [-0.05, 0) is 64.6 Å². The van der Waals surface area contributed by atoms with Crippen molar-refractivity contribution >= 4 is 11.9 Å². The SMILES string of the molecule is COC(=O)C(CC(C)(C)C(C)(C)CCC(C)(C)C)C(C)(C)C(C)(C)CC1(C(=O)OCC2CO2)CC1(C)C. The van der Waals surface area contributed by atoms with Gasteiger partial charge in [0, 0.05) is 0 Å². The van der Waals surface area contributed by atoms with Gasteiger partial charge in [0.25, 0.3) is 0 Å². The number of carbonyl (C=O) groups is 2. The first kappa shape index (κ1) is 32.1. The van der Waals surface area contributed by atoms with E-state index in [9.17, 15) is 9.59 Å². The summed E-state index contributed by atoms with van der Waals surface area (Å²) in [5, 5.41) is 0. The Balaban J connectivity index is 2.32. The molecule has 0 radical (unpaired) electrons. The molecule has 5 nitrogen and oxygen atoms in total. The first-order chi connectivity index (χ1) is 16.4. The van der Waals surface area contributed by atoms with Crippen LogP contribution in [0.2, 0.25) is 0 Å². The summed E-state index contributed by atoms with van der Waals surface area (Å²) in [6.45, 7) is 30.3. The summed E-state index contributed by atoms with van der Waals surface area (Å²) in [6.07, 6.45) is 4.48. The van der Waals surface area contributed by atoms with E-state index >= 15 is 0 Å². The Bertz CT molecular complexity index is 838. The molecule has 37 heavy (non-hydrogen) atoms. The van der Waals surface area contributed by atoms with Gasteiger partial charge in [0.1, 0.15) is 12.7 Å². The topological polar surface area (TPSA) is 65.1 Å². The summed E-state index contributed by atoms with van der Waals surface area (Å²) in [7, 11) is 1.50. The smallest absolute Gasteiger partial charge is 0.312 e. The molecule has 0 aromatic rings. The maximum atomic E-state index is 13.4. The van der Waals surface area contributed by atoms with Crippen LogP contribution in [0.25, 0.3) is 0 Å². The van der Waals surface area contributed by atoms with Gasteiger partial charge in [-0.15, -0.1) is 0 Å². The number of carbonyl (C=O) groups excluding carboxylic acids is 2. The second-order valence-electron chi connectivity index (χ2n) is 16.6. The number of esters is 2. The monoisotopic (exact) mass is 522 g/mol. The molecule has 216 valence electrons. The van der Waals surface area contributed by atoms with Gasteiger partial charge >= 0.3 is 11.9 Å². The Morgan fingerprint density at radius 3 is 1.81 bits per heavy atom. The molecule has 1 heterocycles. The van der Waals surface area contributed by atoms with Crippen LogP contribution in [0.4, 0.5) is 0 Å². The fourth-order valence-corrected chi connectivity index (χ4v) is 5.95. The van der Waals surface area contributed by atoms with Crippen LogP contribution in [0.3, 0.4) is 0 Å². The van der Waals surface area contributed by atoms with Gasteiger partial charge in [-0.2, -0.15) is 0 Å². The lowest BCUT2D eigenvalue weighted by atomic mass is 9.52. The van der Waals surface area contributed by atoms with E-state index in [1.54, 1.807) is 0 Å². The summed E-state index contributed by atoms with van der Waals surface area (Å²) < 4.78 is 16.4. The Labute approximate surface area is 228 Å². The Morgan fingerprint density at radius 1 is 0.892 bits per heavy atom. The zero-order valence-electron chi connectivity index (χ0n) is 26.6. The van der Waals surface area contributed by atoms with E-state index in [1.165, 1.54) is 7.11 Å². The standard InChI is InChI=1S/C32H58O5/c1-26(2,3)15-16-27(4,5)28(6,7)17-23(24(33)35-14)31(12,13)29(8,9)20-32(21-30(32,10)11)25(34)37-19-22-18-36-22/h22-23H,15-21H2,1-14H3. The van der Waals surface area contributed by atoms with Crippen molar-refractivity contribution < 1.29 is 23.8 Å². The number of hydrogen-bond donors (Lipinski definition) is 0. The first-order valence-electron chi connectivity index (χ1n) is 14.3. The zero-order chi connectivity index (χ0) is 28.9. The van der Waals surface area contributed by atoms with Gasteiger partial charge in [-0.1, -0.05) is 90.0 Å². The fourth-order valence-electron chi connectivity index (χ4n) is 5.95. The molecule has 0 aromatic heterocycles. The van der Waals surface area contributed by atoms with Crippen molar-refractivity contribution in [1.82, 2.24) is 0 Å². The van der Waals surface area contributed by atoms with Crippen LogP contribution in [-0.4, -0.2) is 38.4 Å². The lowest BCUT2D eigenvalue weighted by Crippen LogP contribution is -2.48. The highest BCUT2D eigenvalue weighted by Gasteiger charge is 2.69. The molecular formula is C32H58O5. The Morgan fingerprint density at radius 2 is 1.41 bits per heavy atom. The molecule has 2 fully saturated rings. The van der Waals surface area contributed by atoms with E-state index < -0.39 is 10.8 Å². The molecule has 5 heteroatoms. The van der Waals surface area contributed by atoms with Gasteiger partial charge in [-0.3, -0.25) is 9.59 Å². The number of methoxy groups -OCH3 is 1. The summed E-state index contributed by atoms with van der Waals surface area (Å²) >= 11 is 0. The van der Waals surface area contributed by atoms with Gasteiger partial charge in [-0.25, -0.2) is 0 Å². The van der Waals surface area contributed by atoms with Crippen molar-refractivity contribution in [2.45, 2.75) is 128 Å². The second kappa shape index (κ2) is 10.1. The molecule has 0 bridgehead atoms. The lowest BCUT2D eigenvalue weighted by molar-refractivity contribution is -0.161. The molecule has 2 rings (SSSR count). The van der Waals surface area contributed by atoms with Gasteiger partial charge in [0.2, 0.25) is 0 Å². The largest absolute Gasteiger partial charge is 0.469 e. The average Bonchev–Trinajstić information content (AvgIpc) is 3.64. The predicted octanol–water partition coefficient (Wildman–Crippen LogP) is 7.85. The predicted molar refractivity (Wildman–Crippen MR) is 150 cm³/mol.